The molecule has 18 heteroatoms. The molecule has 2 aromatic heterocycles. The van der Waals surface area contributed by atoms with Crippen LogP contribution in [-0.4, -0.2) is 150 Å². The summed E-state index contributed by atoms with van der Waals surface area (Å²) in [5, 5.41) is 23.3. The average Bonchev–Trinajstić information content (AvgIpc) is 3.87. The van der Waals surface area contributed by atoms with Crippen LogP contribution in [0.3, 0.4) is 0 Å². The molecule has 0 spiro atoms. The van der Waals surface area contributed by atoms with E-state index in [1.54, 1.807) is 16.2 Å². The number of aliphatic hydroxyl groups is 1. The number of likely N-dealkylation sites (tertiary alicyclic amines) is 1. The summed E-state index contributed by atoms with van der Waals surface area (Å²) >= 11 is 1.60. The molecule has 8 rings (SSSR count). The Labute approximate surface area is 489 Å². The fraction of sp³-hybridized carbons (Fsp3) is 0.531. The number of amides is 4. The third-order valence-corrected chi connectivity index (χ3v) is 17.5. The van der Waals surface area contributed by atoms with Gasteiger partial charge in [0, 0.05) is 114 Å². The highest BCUT2D eigenvalue weighted by Crippen LogP contribution is 2.35. The number of piperazine rings is 1. The van der Waals surface area contributed by atoms with Crippen molar-refractivity contribution in [2.45, 2.75) is 144 Å². The van der Waals surface area contributed by atoms with Crippen molar-refractivity contribution in [1.29, 1.82) is 0 Å². The van der Waals surface area contributed by atoms with Gasteiger partial charge in [0.25, 0.3) is 11.5 Å². The van der Waals surface area contributed by atoms with Gasteiger partial charge in [0.05, 0.1) is 34.8 Å². The van der Waals surface area contributed by atoms with Crippen LogP contribution in [0.15, 0.2) is 77.0 Å². The Hall–Kier alpha value is -6.28. The molecule has 0 unspecified atom stereocenters. The van der Waals surface area contributed by atoms with E-state index in [0.717, 1.165) is 133 Å². The van der Waals surface area contributed by atoms with Gasteiger partial charge in [-0.15, -0.1) is 11.3 Å². The van der Waals surface area contributed by atoms with Crippen LogP contribution in [0, 0.1) is 33.1 Å². The van der Waals surface area contributed by atoms with Crippen LogP contribution in [0.1, 0.15) is 122 Å². The highest BCUT2D eigenvalue weighted by atomic mass is 32.1. The highest BCUT2D eigenvalue weighted by molar-refractivity contribution is 7.13. The van der Waals surface area contributed by atoms with E-state index in [2.05, 4.69) is 83.2 Å². The molecule has 17 nitrogen and oxygen atoms in total. The van der Waals surface area contributed by atoms with E-state index in [1.807, 2.05) is 90.4 Å². The van der Waals surface area contributed by atoms with Crippen LogP contribution in [0.25, 0.3) is 21.6 Å². The third kappa shape index (κ3) is 16.3. The lowest BCUT2D eigenvalue weighted by atomic mass is 9.85. The summed E-state index contributed by atoms with van der Waals surface area (Å²) in [4.78, 5) is 84.5. The zero-order chi connectivity index (χ0) is 58.5. The predicted octanol–water partition coefficient (Wildman–Crippen LogP) is 7.41. The molecule has 3 fully saturated rings. The number of hydrogen-bond acceptors (Lipinski definition) is 13. The number of ether oxygens (including phenoxy) is 1. The number of carbonyl (C=O) groups excluding carboxylic acids is 4. The second-order valence-corrected chi connectivity index (χ2v) is 24.6. The molecule has 3 aromatic carbocycles. The Kier molecular flexibility index (Phi) is 21.7. The number of rotatable bonds is 24. The Bertz CT molecular complexity index is 3010. The fourth-order valence-corrected chi connectivity index (χ4v) is 12.6. The van der Waals surface area contributed by atoms with Crippen LogP contribution in [0.2, 0.25) is 0 Å². The minimum absolute atomic E-state index is 0.0408. The summed E-state index contributed by atoms with van der Waals surface area (Å²) in [5.41, 5.74) is 12.2. The van der Waals surface area contributed by atoms with Gasteiger partial charge in [-0.1, -0.05) is 82.1 Å². The zero-order valence-corrected chi connectivity index (χ0v) is 50.4. The number of pyridine rings is 1. The van der Waals surface area contributed by atoms with Crippen LogP contribution in [-0.2, 0) is 38.8 Å². The van der Waals surface area contributed by atoms with Gasteiger partial charge in [-0.3, -0.25) is 33.8 Å². The van der Waals surface area contributed by atoms with Gasteiger partial charge in [-0.25, -0.2) is 4.98 Å². The van der Waals surface area contributed by atoms with Crippen molar-refractivity contribution < 1.29 is 29.0 Å². The number of β-amino-alcohol motifs (C(OH)–C–C–N with tert-alkyl or cyclic N) is 1. The number of thiazole rings is 1. The van der Waals surface area contributed by atoms with Crippen molar-refractivity contribution in [1.82, 2.24) is 45.9 Å². The summed E-state index contributed by atoms with van der Waals surface area (Å²) in [6.07, 6.45) is 4.89. The Morgan fingerprint density at radius 1 is 0.817 bits per heavy atom. The molecule has 3 atom stereocenters. The number of anilines is 1. The predicted molar refractivity (Wildman–Crippen MR) is 326 cm³/mol. The minimum Gasteiger partial charge on any atom is -0.391 e. The number of aromatic amines is 1. The Morgan fingerprint density at radius 2 is 1.49 bits per heavy atom. The van der Waals surface area contributed by atoms with Gasteiger partial charge in [-0.05, 0) is 129 Å². The van der Waals surface area contributed by atoms with Crippen LogP contribution in [0.5, 0.6) is 0 Å². The van der Waals surface area contributed by atoms with Crippen molar-refractivity contribution in [2.75, 3.05) is 77.0 Å². The molecule has 5 aromatic rings. The van der Waals surface area contributed by atoms with E-state index in [-0.39, 0.29) is 48.7 Å². The highest BCUT2D eigenvalue weighted by Gasteiger charge is 2.44. The SMILES string of the molecule is CCN(c1cc(-c2ccc(CN3CCN(CC(=O)NCCCCCCN[C@H](C(=O)N4C[C@H](O)C[C@H]4C(=O)NCc4ccc(-c5scnc5C)cc4)C(C)(C)C)CC3)cc2)cc(C(=O)NCc2c(C)cc(C)[nH]c2=O)c1C)C1CCOCC1. The van der Waals surface area contributed by atoms with Crippen molar-refractivity contribution in [2.24, 2.45) is 5.41 Å². The molecule has 0 aliphatic carbocycles. The number of hydrogen-bond donors (Lipinski definition) is 6. The second-order valence-electron chi connectivity index (χ2n) is 23.8. The molecule has 442 valence electrons. The first-order valence-electron chi connectivity index (χ1n) is 29.6. The quantitative estimate of drug-likeness (QED) is 0.0335. The molecule has 5 heterocycles. The summed E-state index contributed by atoms with van der Waals surface area (Å²) in [6.45, 7) is 24.5. The number of benzene rings is 3. The van der Waals surface area contributed by atoms with Gasteiger partial charge in [0.1, 0.15) is 6.04 Å². The Balaban J connectivity index is 0.744. The second kappa shape index (κ2) is 28.8. The summed E-state index contributed by atoms with van der Waals surface area (Å²) in [6, 6.07) is 21.8. The van der Waals surface area contributed by atoms with Gasteiger partial charge >= 0.3 is 0 Å². The summed E-state index contributed by atoms with van der Waals surface area (Å²) < 4.78 is 5.72. The maximum Gasteiger partial charge on any atom is 0.253 e. The number of aromatic nitrogens is 2. The van der Waals surface area contributed by atoms with Crippen molar-refractivity contribution in [3.8, 4) is 21.6 Å². The molecule has 3 aliphatic rings. The van der Waals surface area contributed by atoms with Crippen molar-refractivity contribution in [3.63, 3.8) is 0 Å². The third-order valence-electron chi connectivity index (χ3n) is 16.5. The largest absolute Gasteiger partial charge is 0.391 e. The molecular formula is C64H88N10O7S. The first kappa shape index (κ1) is 61.8. The number of unbranched alkanes of at least 4 members (excludes halogenated alkanes) is 3. The van der Waals surface area contributed by atoms with E-state index in [0.29, 0.717) is 56.6 Å². The van der Waals surface area contributed by atoms with Gasteiger partial charge in [0.15, 0.2) is 0 Å². The number of H-pyrrole nitrogens is 1. The number of aliphatic hydroxyl groups excluding tert-OH is 1. The molecule has 4 amide bonds. The van der Waals surface area contributed by atoms with E-state index in [4.69, 9.17) is 4.74 Å². The van der Waals surface area contributed by atoms with E-state index in [9.17, 15) is 29.1 Å². The number of nitrogens with one attached hydrogen (secondary N) is 5. The summed E-state index contributed by atoms with van der Waals surface area (Å²) in [5.74, 6) is -0.614. The normalized spacial score (nSPS) is 17.6. The molecule has 3 aliphatic heterocycles. The van der Waals surface area contributed by atoms with E-state index < -0.39 is 23.6 Å². The van der Waals surface area contributed by atoms with Crippen LogP contribution >= 0.6 is 11.3 Å². The minimum atomic E-state index is -0.769. The van der Waals surface area contributed by atoms with Gasteiger partial charge < -0.3 is 45.9 Å². The molecule has 82 heavy (non-hydrogen) atoms. The standard InChI is InChI=1S/C64H88N10O7S/c1-9-73(51-22-30-81-31-23-51)55-34-50(33-53(44(55)4)60(77)68-37-54-42(2)32-43(3)70-61(54)78)48-18-16-47(17-19-48)38-71-26-28-72(29-27-71)40-57(76)65-24-12-10-11-13-25-66-59(64(6,7)8)63(80)74-39-52(75)35-56(74)62(79)67-36-46-14-20-49(21-15-46)58-45(5)69-41-82-58/h14-21,32-34,41,51-52,56,59,66,75H,9-13,22-31,35-40H2,1-8H3,(H,65,76)(H,67,79)(H,68,77)(H,70,78)/t52-,56+,59-/m1/s1. The molecule has 0 saturated carbocycles. The first-order valence-corrected chi connectivity index (χ1v) is 30.5. The molecule has 3 saturated heterocycles. The topological polar surface area (TPSA) is 205 Å². The maximum absolute atomic E-state index is 14.1. The first-order chi connectivity index (χ1) is 39.4. The van der Waals surface area contributed by atoms with Crippen LogP contribution in [0.4, 0.5) is 5.69 Å². The van der Waals surface area contributed by atoms with Crippen molar-refractivity contribution >= 4 is 40.7 Å². The van der Waals surface area contributed by atoms with Gasteiger partial charge in [0.2, 0.25) is 17.7 Å². The maximum atomic E-state index is 14.1. The lowest BCUT2D eigenvalue weighted by Crippen LogP contribution is -2.56. The lowest BCUT2D eigenvalue weighted by molar-refractivity contribution is -0.142. The van der Waals surface area contributed by atoms with Crippen molar-refractivity contribution in [3.05, 3.63) is 127 Å². The van der Waals surface area contributed by atoms with E-state index in [1.165, 1.54) is 5.56 Å². The molecule has 0 bridgehead atoms. The fourth-order valence-electron chi connectivity index (χ4n) is 11.8. The smallest absolute Gasteiger partial charge is 0.253 e. The monoisotopic (exact) mass is 1140 g/mol. The lowest BCUT2D eigenvalue weighted by Gasteiger charge is -2.37. The molecule has 0 radical (unpaired) electrons. The number of carbonyl (C=O) groups is 4. The average molecular weight is 1140 g/mol. The van der Waals surface area contributed by atoms with Crippen LogP contribution < -0.4 is 31.7 Å². The van der Waals surface area contributed by atoms with Gasteiger partial charge in [-0.2, -0.15) is 0 Å². The molecular weight excluding hydrogens is 1050 g/mol. The Morgan fingerprint density at radius 3 is 2.15 bits per heavy atom. The number of aryl methyl sites for hydroxylation is 3. The summed E-state index contributed by atoms with van der Waals surface area (Å²) in [7, 11) is 0. The molecule has 6 N–H and O–H groups in total. The zero-order valence-electron chi connectivity index (χ0n) is 49.6. The number of nitrogens with zero attached hydrogens (tertiary/aromatic N) is 5. The van der Waals surface area contributed by atoms with E-state index >= 15 is 0 Å².